The van der Waals surface area contributed by atoms with Crippen LogP contribution in [0.25, 0.3) is 0 Å². The largest absolute Gasteiger partial charge is 0.450 e. The predicted molar refractivity (Wildman–Crippen MR) is 102 cm³/mol. The number of carbonyl (C=O) groups is 1. The molecule has 0 radical (unpaired) electrons. The maximum absolute atomic E-state index is 11.8. The lowest BCUT2D eigenvalue weighted by Crippen LogP contribution is -2.49. The van der Waals surface area contributed by atoms with Crippen LogP contribution in [0.3, 0.4) is 0 Å². The van der Waals surface area contributed by atoms with E-state index in [-0.39, 0.29) is 6.09 Å². The van der Waals surface area contributed by atoms with Gasteiger partial charge in [-0.15, -0.1) is 5.10 Å². The number of aromatic nitrogens is 3. The molecular formula is C19H24N6O2. The first-order valence-electron chi connectivity index (χ1n) is 9.42. The molecule has 0 N–H and O–H groups in total. The molecule has 2 aliphatic heterocycles. The van der Waals surface area contributed by atoms with E-state index < -0.39 is 0 Å². The van der Waals surface area contributed by atoms with Gasteiger partial charge in [0.2, 0.25) is 5.95 Å². The number of rotatable bonds is 3. The molecule has 27 heavy (non-hydrogen) atoms. The number of benzene rings is 1. The summed E-state index contributed by atoms with van der Waals surface area (Å²) >= 11 is 0. The highest BCUT2D eigenvalue weighted by atomic mass is 16.6. The molecule has 3 heterocycles. The third kappa shape index (κ3) is 3.79. The van der Waals surface area contributed by atoms with Crippen molar-refractivity contribution in [1.29, 1.82) is 0 Å². The highest BCUT2D eigenvalue weighted by molar-refractivity contribution is 5.68. The van der Waals surface area contributed by atoms with Crippen molar-refractivity contribution >= 4 is 17.9 Å². The van der Waals surface area contributed by atoms with Crippen molar-refractivity contribution < 1.29 is 9.53 Å². The van der Waals surface area contributed by atoms with E-state index in [1.54, 1.807) is 11.1 Å². The lowest BCUT2D eigenvalue weighted by atomic mass is 10.0. The van der Waals surface area contributed by atoms with Gasteiger partial charge in [-0.3, -0.25) is 0 Å². The van der Waals surface area contributed by atoms with Crippen molar-refractivity contribution in [3.05, 3.63) is 41.6 Å². The van der Waals surface area contributed by atoms with Gasteiger partial charge < -0.3 is 19.4 Å². The Morgan fingerprint density at radius 3 is 2.63 bits per heavy atom. The molecule has 1 amide bonds. The number of fused-ring (bicyclic) bond motifs is 1. The number of piperazine rings is 1. The Morgan fingerprint density at radius 2 is 1.85 bits per heavy atom. The van der Waals surface area contributed by atoms with E-state index in [0.717, 1.165) is 25.3 Å². The first-order chi connectivity index (χ1) is 13.2. The van der Waals surface area contributed by atoms with Crippen LogP contribution in [-0.2, 0) is 17.7 Å². The number of nitrogens with zero attached hydrogens (tertiary/aromatic N) is 6. The van der Waals surface area contributed by atoms with Crippen molar-refractivity contribution in [2.75, 3.05) is 49.1 Å². The summed E-state index contributed by atoms with van der Waals surface area (Å²) in [5.74, 6) is 1.47. The van der Waals surface area contributed by atoms with Crippen molar-refractivity contribution in [3.63, 3.8) is 0 Å². The molecule has 0 bridgehead atoms. The highest BCUT2D eigenvalue weighted by Crippen LogP contribution is 2.23. The van der Waals surface area contributed by atoms with Crippen molar-refractivity contribution in [1.82, 2.24) is 20.1 Å². The summed E-state index contributed by atoms with van der Waals surface area (Å²) in [7, 11) is 0. The second-order valence-corrected chi connectivity index (χ2v) is 6.73. The summed E-state index contributed by atoms with van der Waals surface area (Å²) in [6, 6.07) is 8.54. The maximum atomic E-state index is 11.8. The van der Waals surface area contributed by atoms with Gasteiger partial charge >= 0.3 is 6.09 Å². The number of carbonyl (C=O) groups excluding carboxylic acids is 1. The molecule has 0 spiro atoms. The minimum Gasteiger partial charge on any atom is -0.450 e. The molecule has 0 unspecified atom stereocenters. The molecule has 2 aromatic rings. The zero-order valence-electron chi connectivity index (χ0n) is 15.5. The van der Waals surface area contributed by atoms with Gasteiger partial charge in [0.05, 0.1) is 12.8 Å². The Labute approximate surface area is 158 Å². The fraction of sp³-hybridized carbons (Fsp3) is 0.474. The molecule has 1 saturated heterocycles. The Bertz CT molecular complexity index is 806. The number of amides is 1. The van der Waals surface area contributed by atoms with Gasteiger partial charge in [0.15, 0.2) is 5.82 Å². The average Bonchev–Trinajstić information content (AvgIpc) is 2.74. The smallest absolute Gasteiger partial charge is 0.409 e. The topological polar surface area (TPSA) is 74.7 Å². The van der Waals surface area contributed by atoms with Gasteiger partial charge in [0.1, 0.15) is 0 Å². The monoisotopic (exact) mass is 368 g/mol. The normalized spacial score (nSPS) is 16.9. The summed E-state index contributed by atoms with van der Waals surface area (Å²) in [4.78, 5) is 22.6. The maximum Gasteiger partial charge on any atom is 0.409 e. The van der Waals surface area contributed by atoms with Crippen LogP contribution in [0.5, 0.6) is 0 Å². The predicted octanol–water partition coefficient (Wildman–Crippen LogP) is 1.71. The molecule has 142 valence electrons. The van der Waals surface area contributed by atoms with Crippen LogP contribution >= 0.6 is 0 Å². The van der Waals surface area contributed by atoms with Crippen LogP contribution in [-0.4, -0.2) is 65.5 Å². The number of ether oxygens (including phenoxy) is 1. The molecule has 2 aliphatic rings. The van der Waals surface area contributed by atoms with E-state index >= 15 is 0 Å². The highest BCUT2D eigenvalue weighted by Gasteiger charge is 2.24. The molecule has 4 rings (SSSR count). The fourth-order valence-corrected chi connectivity index (χ4v) is 3.57. The number of hydrogen-bond acceptors (Lipinski definition) is 7. The fourth-order valence-electron chi connectivity index (χ4n) is 3.57. The quantitative estimate of drug-likeness (QED) is 0.816. The van der Waals surface area contributed by atoms with Crippen LogP contribution in [0.15, 0.2) is 30.5 Å². The third-order valence-corrected chi connectivity index (χ3v) is 5.08. The van der Waals surface area contributed by atoms with Gasteiger partial charge in [0.25, 0.3) is 0 Å². The first-order valence-corrected chi connectivity index (χ1v) is 9.42. The van der Waals surface area contributed by atoms with Gasteiger partial charge in [-0.25, -0.2) is 4.79 Å². The SMILES string of the molecule is CCOC(=O)N1CCN(c2nncc(N3CCc4ccccc4C3)n2)CC1. The van der Waals surface area contributed by atoms with Gasteiger partial charge in [-0.1, -0.05) is 24.3 Å². The lowest BCUT2D eigenvalue weighted by Gasteiger charge is -2.34. The Morgan fingerprint density at radius 1 is 1.07 bits per heavy atom. The summed E-state index contributed by atoms with van der Waals surface area (Å²) in [6.07, 6.45) is 2.48. The molecule has 8 heteroatoms. The van der Waals surface area contributed by atoms with Crippen LogP contribution in [0, 0.1) is 0 Å². The Balaban J connectivity index is 1.42. The Kier molecular flexibility index (Phi) is 5.04. The second-order valence-electron chi connectivity index (χ2n) is 6.73. The Hall–Kier alpha value is -2.90. The molecular weight excluding hydrogens is 344 g/mol. The summed E-state index contributed by atoms with van der Waals surface area (Å²) in [5, 5.41) is 8.39. The lowest BCUT2D eigenvalue weighted by molar-refractivity contribution is 0.105. The molecule has 1 aromatic heterocycles. The van der Waals surface area contributed by atoms with E-state index in [2.05, 4.69) is 44.3 Å². The van der Waals surface area contributed by atoms with E-state index in [4.69, 9.17) is 9.72 Å². The summed E-state index contributed by atoms with van der Waals surface area (Å²) in [5.41, 5.74) is 2.75. The standard InChI is InChI=1S/C19H24N6O2/c1-2-27-19(26)24-11-9-23(10-12-24)18-21-17(13-20-22-18)25-8-7-15-5-3-4-6-16(15)14-25/h3-6,13H,2,7-12,14H2,1H3. The zero-order chi connectivity index (χ0) is 18.6. The number of anilines is 2. The van der Waals surface area contributed by atoms with Crippen LogP contribution in [0.2, 0.25) is 0 Å². The van der Waals surface area contributed by atoms with Crippen LogP contribution in [0.4, 0.5) is 16.6 Å². The first kappa shape index (κ1) is 17.5. The molecule has 0 saturated carbocycles. The van der Waals surface area contributed by atoms with Crippen molar-refractivity contribution in [2.45, 2.75) is 19.9 Å². The molecule has 0 aliphatic carbocycles. The molecule has 0 atom stereocenters. The van der Waals surface area contributed by atoms with Gasteiger partial charge in [-0.2, -0.15) is 10.1 Å². The van der Waals surface area contributed by atoms with Gasteiger partial charge in [0, 0.05) is 39.3 Å². The van der Waals surface area contributed by atoms with E-state index in [9.17, 15) is 4.79 Å². The number of hydrogen-bond donors (Lipinski definition) is 0. The van der Waals surface area contributed by atoms with Crippen molar-refractivity contribution in [2.24, 2.45) is 0 Å². The second kappa shape index (κ2) is 7.77. The zero-order valence-corrected chi connectivity index (χ0v) is 15.5. The van der Waals surface area contributed by atoms with Crippen molar-refractivity contribution in [3.8, 4) is 0 Å². The van der Waals surface area contributed by atoms with Crippen LogP contribution < -0.4 is 9.80 Å². The third-order valence-electron chi connectivity index (χ3n) is 5.08. The van der Waals surface area contributed by atoms with E-state index in [0.29, 0.717) is 38.7 Å². The summed E-state index contributed by atoms with van der Waals surface area (Å²) < 4.78 is 5.07. The minimum atomic E-state index is -0.253. The molecule has 1 fully saturated rings. The molecule has 8 nitrogen and oxygen atoms in total. The van der Waals surface area contributed by atoms with E-state index in [1.807, 2.05) is 6.92 Å². The van der Waals surface area contributed by atoms with Gasteiger partial charge in [-0.05, 0) is 24.5 Å². The minimum absolute atomic E-state index is 0.253. The van der Waals surface area contributed by atoms with E-state index in [1.165, 1.54) is 11.1 Å². The van der Waals surface area contributed by atoms with Crippen LogP contribution in [0.1, 0.15) is 18.1 Å². The molecule has 1 aromatic carbocycles. The average molecular weight is 368 g/mol. The summed E-state index contributed by atoms with van der Waals surface area (Å²) in [6.45, 7) is 6.52.